The van der Waals surface area contributed by atoms with E-state index in [1.807, 2.05) is 0 Å². The predicted octanol–water partition coefficient (Wildman–Crippen LogP) is 1.46. The normalized spacial score (nSPS) is 12.0. The van der Waals surface area contributed by atoms with Crippen molar-refractivity contribution < 1.29 is 0 Å². The van der Waals surface area contributed by atoms with Crippen molar-refractivity contribution in [2.75, 3.05) is 13.1 Å². The van der Waals surface area contributed by atoms with Crippen LogP contribution in [0.2, 0.25) is 0 Å². The molecular weight excluding hydrogens is 98.1 g/mol. The summed E-state index contributed by atoms with van der Waals surface area (Å²) in [6.45, 7) is 12.3. The van der Waals surface area contributed by atoms with Crippen LogP contribution in [0.15, 0.2) is 0 Å². The SMILES string of the molecule is [CH2]C(C)(C)CNCC. The molecule has 1 N–H and O–H groups in total. The molecule has 0 atom stereocenters. The minimum absolute atomic E-state index is 0.190. The Morgan fingerprint density at radius 1 is 1.50 bits per heavy atom. The zero-order valence-electron chi connectivity index (χ0n) is 6.12. The predicted molar refractivity (Wildman–Crippen MR) is 37.7 cm³/mol. The van der Waals surface area contributed by atoms with Crippen molar-refractivity contribution in [3.63, 3.8) is 0 Å². The monoisotopic (exact) mass is 114 g/mol. The zero-order valence-corrected chi connectivity index (χ0v) is 6.12. The second-order valence-corrected chi connectivity index (χ2v) is 2.94. The third-order valence-electron chi connectivity index (χ3n) is 0.854. The molecule has 49 valence electrons. The van der Waals surface area contributed by atoms with Crippen molar-refractivity contribution in [2.45, 2.75) is 20.8 Å². The first-order valence-electron chi connectivity index (χ1n) is 3.12. The average Bonchev–Trinajstić information content (AvgIpc) is 1.59. The molecule has 0 unspecified atom stereocenters. The van der Waals surface area contributed by atoms with Crippen LogP contribution >= 0.6 is 0 Å². The molecule has 0 aliphatic heterocycles. The number of rotatable bonds is 3. The van der Waals surface area contributed by atoms with E-state index in [9.17, 15) is 0 Å². The summed E-state index contributed by atoms with van der Waals surface area (Å²) in [6.07, 6.45) is 0. The lowest BCUT2D eigenvalue weighted by Crippen LogP contribution is -2.26. The third kappa shape index (κ3) is 5.96. The molecule has 0 saturated heterocycles. The fraction of sp³-hybridized carbons (Fsp3) is 0.857. The van der Waals surface area contributed by atoms with Crippen molar-refractivity contribution >= 4 is 0 Å². The van der Waals surface area contributed by atoms with Gasteiger partial charge in [-0.25, -0.2) is 0 Å². The molecule has 0 aromatic carbocycles. The molecule has 1 radical (unpaired) electrons. The summed E-state index contributed by atoms with van der Waals surface area (Å²) < 4.78 is 0. The fourth-order valence-electron chi connectivity index (χ4n) is 0.463. The first kappa shape index (κ1) is 7.96. The first-order chi connectivity index (χ1) is 3.56. The van der Waals surface area contributed by atoms with Crippen LogP contribution in [-0.4, -0.2) is 13.1 Å². The molecule has 0 aliphatic carbocycles. The van der Waals surface area contributed by atoms with Crippen molar-refractivity contribution in [2.24, 2.45) is 5.41 Å². The molecule has 0 spiro atoms. The van der Waals surface area contributed by atoms with E-state index in [0.717, 1.165) is 13.1 Å². The summed E-state index contributed by atoms with van der Waals surface area (Å²) in [5, 5.41) is 3.23. The number of hydrogen-bond donors (Lipinski definition) is 1. The Morgan fingerprint density at radius 3 is 2.12 bits per heavy atom. The van der Waals surface area contributed by atoms with Crippen molar-refractivity contribution in [3.05, 3.63) is 6.92 Å². The standard InChI is InChI=1S/C7H16N/c1-5-8-6-7(2,3)4/h8H,2,5-6H2,1,3-4H3. The smallest absolute Gasteiger partial charge is 0.000240 e. The Kier molecular flexibility index (Phi) is 3.06. The van der Waals surface area contributed by atoms with Crippen LogP contribution in [-0.2, 0) is 0 Å². The van der Waals surface area contributed by atoms with Crippen LogP contribution in [0.1, 0.15) is 20.8 Å². The molecular formula is C7H16N. The lowest BCUT2D eigenvalue weighted by Gasteiger charge is -2.17. The van der Waals surface area contributed by atoms with Crippen molar-refractivity contribution in [1.82, 2.24) is 5.32 Å². The van der Waals surface area contributed by atoms with E-state index in [1.165, 1.54) is 0 Å². The molecule has 0 aromatic rings. The van der Waals surface area contributed by atoms with Gasteiger partial charge in [-0.15, -0.1) is 0 Å². The van der Waals surface area contributed by atoms with Gasteiger partial charge >= 0.3 is 0 Å². The highest BCUT2D eigenvalue weighted by atomic mass is 14.9. The molecule has 0 aliphatic rings. The summed E-state index contributed by atoms with van der Waals surface area (Å²) in [5.41, 5.74) is 0.190. The number of hydrogen-bond acceptors (Lipinski definition) is 1. The minimum atomic E-state index is 0.190. The van der Waals surface area contributed by atoms with Gasteiger partial charge in [-0.1, -0.05) is 20.8 Å². The van der Waals surface area contributed by atoms with Gasteiger partial charge < -0.3 is 5.32 Å². The lowest BCUT2D eigenvalue weighted by molar-refractivity contribution is 0.436. The van der Waals surface area contributed by atoms with Gasteiger partial charge in [0.25, 0.3) is 0 Å². The maximum Gasteiger partial charge on any atom is 0.000240 e. The molecule has 1 nitrogen and oxygen atoms in total. The van der Waals surface area contributed by atoms with Crippen molar-refractivity contribution in [1.29, 1.82) is 0 Å². The highest BCUT2D eigenvalue weighted by Gasteiger charge is 2.07. The second-order valence-electron chi connectivity index (χ2n) is 2.94. The van der Waals surface area contributed by atoms with Gasteiger partial charge in [-0.2, -0.15) is 0 Å². The summed E-state index contributed by atoms with van der Waals surface area (Å²) in [4.78, 5) is 0. The molecule has 0 bridgehead atoms. The van der Waals surface area contributed by atoms with E-state index in [4.69, 9.17) is 0 Å². The maximum absolute atomic E-state index is 3.95. The maximum atomic E-state index is 3.95. The Morgan fingerprint density at radius 2 is 2.00 bits per heavy atom. The summed E-state index contributed by atoms with van der Waals surface area (Å²) in [5.74, 6) is 0. The Bertz CT molecular complexity index is 51.9. The van der Waals surface area contributed by atoms with Gasteiger partial charge in [0, 0.05) is 6.54 Å². The Hall–Kier alpha value is -0.0400. The van der Waals surface area contributed by atoms with E-state index >= 15 is 0 Å². The van der Waals surface area contributed by atoms with E-state index in [1.54, 1.807) is 0 Å². The van der Waals surface area contributed by atoms with Crippen LogP contribution in [0, 0.1) is 12.3 Å². The van der Waals surface area contributed by atoms with Gasteiger partial charge in [-0.3, -0.25) is 0 Å². The Balaban J connectivity index is 3.11. The largest absolute Gasteiger partial charge is 0.316 e. The fourth-order valence-corrected chi connectivity index (χ4v) is 0.463. The van der Waals surface area contributed by atoms with Gasteiger partial charge in [0.2, 0.25) is 0 Å². The van der Waals surface area contributed by atoms with Crippen LogP contribution in [0.3, 0.4) is 0 Å². The van der Waals surface area contributed by atoms with E-state index < -0.39 is 0 Å². The van der Waals surface area contributed by atoms with Crippen LogP contribution in [0.5, 0.6) is 0 Å². The molecule has 1 heteroatoms. The van der Waals surface area contributed by atoms with Crippen molar-refractivity contribution in [3.8, 4) is 0 Å². The molecule has 0 rings (SSSR count). The molecule has 0 amide bonds. The number of nitrogens with one attached hydrogen (secondary N) is 1. The first-order valence-corrected chi connectivity index (χ1v) is 3.12. The van der Waals surface area contributed by atoms with Gasteiger partial charge in [-0.05, 0) is 18.9 Å². The average molecular weight is 114 g/mol. The van der Waals surface area contributed by atoms with Crippen LogP contribution < -0.4 is 5.32 Å². The topological polar surface area (TPSA) is 12.0 Å². The molecule has 8 heavy (non-hydrogen) atoms. The van der Waals surface area contributed by atoms with Gasteiger partial charge in [0.1, 0.15) is 0 Å². The van der Waals surface area contributed by atoms with E-state index in [-0.39, 0.29) is 5.41 Å². The summed E-state index contributed by atoms with van der Waals surface area (Å²) in [7, 11) is 0. The summed E-state index contributed by atoms with van der Waals surface area (Å²) >= 11 is 0. The van der Waals surface area contributed by atoms with Gasteiger partial charge in [0.15, 0.2) is 0 Å². The molecule has 0 fully saturated rings. The molecule has 0 heterocycles. The quantitative estimate of drug-likeness (QED) is 0.585. The zero-order chi connectivity index (χ0) is 6.62. The second kappa shape index (κ2) is 3.08. The third-order valence-corrected chi connectivity index (χ3v) is 0.854. The van der Waals surface area contributed by atoms with E-state index in [0.29, 0.717) is 0 Å². The lowest BCUT2D eigenvalue weighted by atomic mass is 9.97. The molecule has 0 saturated carbocycles. The molecule has 0 aromatic heterocycles. The van der Waals surface area contributed by atoms with Crippen LogP contribution in [0.4, 0.5) is 0 Å². The van der Waals surface area contributed by atoms with Crippen LogP contribution in [0.25, 0.3) is 0 Å². The Labute approximate surface area is 52.5 Å². The highest BCUT2D eigenvalue weighted by molar-refractivity contribution is 4.72. The minimum Gasteiger partial charge on any atom is -0.316 e. The summed E-state index contributed by atoms with van der Waals surface area (Å²) in [6, 6.07) is 0. The highest BCUT2D eigenvalue weighted by Crippen LogP contribution is 2.08. The van der Waals surface area contributed by atoms with Gasteiger partial charge in [0.05, 0.1) is 0 Å². The van der Waals surface area contributed by atoms with E-state index in [2.05, 4.69) is 33.0 Å².